The lowest BCUT2D eigenvalue weighted by Crippen LogP contribution is -2.60. The highest BCUT2D eigenvalue weighted by Crippen LogP contribution is 2.34. The number of rotatable bonds is 5. The SMILES string of the molecule is CC(=O)N1CCCC(NC(=O)C(=O)N(C)C)C1COC1CCC(c2cccc(F)c2)CC1. The molecule has 1 saturated heterocycles. The molecule has 2 fully saturated rings. The Bertz CT molecular complexity index is 823. The van der Waals surface area contributed by atoms with E-state index in [4.69, 9.17) is 4.74 Å². The lowest BCUT2D eigenvalue weighted by atomic mass is 9.82. The van der Waals surface area contributed by atoms with Crippen molar-refractivity contribution in [2.45, 2.75) is 69.6 Å². The van der Waals surface area contributed by atoms with Crippen LogP contribution in [0.2, 0.25) is 0 Å². The van der Waals surface area contributed by atoms with Crippen LogP contribution in [0.15, 0.2) is 24.3 Å². The van der Waals surface area contributed by atoms with Gasteiger partial charge in [-0.2, -0.15) is 0 Å². The van der Waals surface area contributed by atoms with Crippen molar-refractivity contribution in [3.05, 3.63) is 35.6 Å². The van der Waals surface area contributed by atoms with Gasteiger partial charge in [-0.1, -0.05) is 12.1 Å². The van der Waals surface area contributed by atoms with Crippen LogP contribution in [0.1, 0.15) is 56.9 Å². The zero-order chi connectivity index (χ0) is 23.3. The van der Waals surface area contributed by atoms with Crippen molar-refractivity contribution in [3.8, 4) is 0 Å². The number of nitrogens with zero attached hydrogens (tertiary/aromatic N) is 2. The van der Waals surface area contributed by atoms with Crippen LogP contribution < -0.4 is 5.32 Å². The molecule has 1 aromatic rings. The Morgan fingerprint density at radius 1 is 1.16 bits per heavy atom. The van der Waals surface area contributed by atoms with E-state index in [0.717, 1.165) is 37.7 Å². The summed E-state index contributed by atoms with van der Waals surface area (Å²) in [5.41, 5.74) is 1.03. The van der Waals surface area contributed by atoms with Gasteiger partial charge >= 0.3 is 11.8 Å². The van der Waals surface area contributed by atoms with Gasteiger partial charge in [0, 0.05) is 27.6 Å². The molecule has 2 atom stereocenters. The molecular weight excluding hydrogens is 413 g/mol. The maximum Gasteiger partial charge on any atom is 0.311 e. The number of benzene rings is 1. The number of hydrogen-bond acceptors (Lipinski definition) is 4. The number of hydrogen-bond donors (Lipinski definition) is 1. The minimum Gasteiger partial charge on any atom is -0.376 e. The zero-order valence-corrected chi connectivity index (χ0v) is 19.2. The summed E-state index contributed by atoms with van der Waals surface area (Å²) in [5.74, 6) is -1.21. The Labute approximate surface area is 189 Å². The summed E-state index contributed by atoms with van der Waals surface area (Å²) in [6.07, 6.45) is 5.09. The Balaban J connectivity index is 1.58. The second kappa shape index (κ2) is 10.9. The summed E-state index contributed by atoms with van der Waals surface area (Å²) in [5, 5.41) is 2.82. The van der Waals surface area contributed by atoms with Crippen LogP contribution in [-0.4, -0.2) is 73.0 Å². The van der Waals surface area contributed by atoms with Crippen molar-refractivity contribution < 1.29 is 23.5 Å². The standard InChI is InChI=1S/C24H34FN3O4/c1-16(29)28-13-5-8-21(26-23(30)24(31)27(2)3)22(28)15-32-20-11-9-17(10-12-20)18-6-4-7-19(25)14-18/h4,6-7,14,17,20-22H,5,8-13,15H2,1-3H3,(H,26,30). The molecule has 7 nitrogen and oxygen atoms in total. The molecule has 1 saturated carbocycles. The van der Waals surface area contributed by atoms with E-state index in [1.165, 1.54) is 32.0 Å². The second-order valence-electron chi connectivity index (χ2n) is 9.06. The van der Waals surface area contributed by atoms with E-state index in [0.29, 0.717) is 25.5 Å². The van der Waals surface area contributed by atoms with E-state index in [2.05, 4.69) is 5.32 Å². The minimum absolute atomic E-state index is 0.0636. The van der Waals surface area contributed by atoms with Gasteiger partial charge in [0.2, 0.25) is 5.91 Å². The monoisotopic (exact) mass is 447 g/mol. The predicted molar refractivity (Wildman–Crippen MR) is 118 cm³/mol. The quantitative estimate of drug-likeness (QED) is 0.704. The fourth-order valence-corrected chi connectivity index (χ4v) is 4.81. The highest BCUT2D eigenvalue weighted by molar-refractivity contribution is 6.34. The molecule has 0 aromatic heterocycles. The highest BCUT2D eigenvalue weighted by atomic mass is 19.1. The molecule has 1 aliphatic heterocycles. The van der Waals surface area contributed by atoms with E-state index >= 15 is 0 Å². The average Bonchev–Trinajstić information content (AvgIpc) is 2.77. The third-order valence-corrected chi connectivity index (χ3v) is 6.60. The first-order valence-electron chi connectivity index (χ1n) is 11.4. The van der Waals surface area contributed by atoms with Crippen LogP contribution in [0.3, 0.4) is 0 Å². The third kappa shape index (κ3) is 6.06. The number of nitrogens with one attached hydrogen (secondary N) is 1. The molecule has 0 bridgehead atoms. The number of likely N-dealkylation sites (tertiary alicyclic amines) is 1. The Morgan fingerprint density at radius 3 is 2.50 bits per heavy atom. The molecule has 32 heavy (non-hydrogen) atoms. The van der Waals surface area contributed by atoms with Crippen LogP contribution in [0.25, 0.3) is 0 Å². The molecule has 2 aliphatic rings. The molecule has 0 spiro atoms. The van der Waals surface area contributed by atoms with Gasteiger partial charge in [-0.05, 0) is 62.1 Å². The van der Waals surface area contributed by atoms with Crippen molar-refractivity contribution in [1.82, 2.24) is 15.1 Å². The van der Waals surface area contributed by atoms with E-state index in [1.54, 1.807) is 17.0 Å². The van der Waals surface area contributed by atoms with Crippen molar-refractivity contribution in [1.29, 1.82) is 0 Å². The first-order chi connectivity index (χ1) is 15.3. The Morgan fingerprint density at radius 2 is 1.88 bits per heavy atom. The van der Waals surface area contributed by atoms with Crippen molar-refractivity contribution in [2.24, 2.45) is 0 Å². The second-order valence-corrected chi connectivity index (χ2v) is 9.06. The van der Waals surface area contributed by atoms with Crippen molar-refractivity contribution in [2.75, 3.05) is 27.2 Å². The van der Waals surface area contributed by atoms with Gasteiger partial charge in [0.05, 0.1) is 24.8 Å². The maximum absolute atomic E-state index is 13.5. The minimum atomic E-state index is -0.661. The molecule has 1 heterocycles. The number of carbonyl (C=O) groups is 3. The number of amides is 3. The summed E-state index contributed by atoms with van der Waals surface area (Å²) >= 11 is 0. The largest absolute Gasteiger partial charge is 0.376 e. The van der Waals surface area contributed by atoms with Gasteiger partial charge in [-0.15, -0.1) is 0 Å². The van der Waals surface area contributed by atoms with Crippen LogP contribution >= 0.6 is 0 Å². The molecule has 3 rings (SSSR count). The summed E-state index contributed by atoms with van der Waals surface area (Å²) in [4.78, 5) is 39.5. The van der Waals surface area contributed by atoms with Crippen LogP contribution in [0, 0.1) is 5.82 Å². The molecule has 0 radical (unpaired) electrons. The number of likely N-dealkylation sites (N-methyl/N-ethyl adjacent to an activating group) is 1. The number of ether oxygens (including phenoxy) is 1. The number of carbonyl (C=O) groups excluding carboxylic acids is 3. The van der Waals surface area contributed by atoms with Gasteiger partial charge in [-0.3, -0.25) is 14.4 Å². The summed E-state index contributed by atoms with van der Waals surface area (Å²) in [7, 11) is 3.07. The van der Waals surface area contributed by atoms with Gasteiger partial charge < -0.3 is 19.9 Å². The van der Waals surface area contributed by atoms with E-state index in [-0.39, 0.29) is 29.9 Å². The topological polar surface area (TPSA) is 79.0 Å². The van der Waals surface area contributed by atoms with Crippen LogP contribution in [0.5, 0.6) is 0 Å². The molecule has 1 aliphatic carbocycles. The van der Waals surface area contributed by atoms with Gasteiger partial charge in [0.1, 0.15) is 5.82 Å². The maximum atomic E-state index is 13.5. The smallest absolute Gasteiger partial charge is 0.311 e. The molecule has 8 heteroatoms. The molecule has 2 unspecified atom stereocenters. The van der Waals surface area contributed by atoms with Gasteiger partial charge in [0.15, 0.2) is 0 Å². The molecule has 3 amide bonds. The summed E-state index contributed by atoms with van der Waals surface area (Å²) in [6, 6.07) is 6.17. The highest BCUT2D eigenvalue weighted by Gasteiger charge is 2.36. The summed E-state index contributed by atoms with van der Waals surface area (Å²) in [6.45, 7) is 2.45. The Hall–Kier alpha value is -2.48. The van der Waals surface area contributed by atoms with Crippen LogP contribution in [-0.2, 0) is 19.1 Å². The fourth-order valence-electron chi connectivity index (χ4n) is 4.81. The van der Waals surface area contributed by atoms with Crippen LogP contribution in [0.4, 0.5) is 4.39 Å². The predicted octanol–water partition coefficient (Wildman–Crippen LogP) is 2.45. The summed E-state index contributed by atoms with van der Waals surface area (Å²) < 4.78 is 19.8. The zero-order valence-electron chi connectivity index (χ0n) is 19.2. The van der Waals surface area contributed by atoms with E-state index < -0.39 is 11.8 Å². The third-order valence-electron chi connectivity index (χ3n) is 6.60. The van der Waals surface area contributed by atoms with E-state index in [9.17, 15) is 18.8 Å². The van der Waals surface area contributed by atoms with Crippen molar-refractivity contribution >= 4 is 17.7 Å². The van der Waals surface area contributed by atoms with Gasteiger partial charge in [-0.25, -0.2) is 4.39 Å². The lowest BCUT2D eigenvalue weighted by Gasteiger charge is -2.42. The molecule has 1 N–H and O–H groups in total. The average molecular weight is 448 g/mol. The molecular formula is C24H34FN3O4. The first-order valence-corrected chi connectivity index (χ1v) is 11.4. The van der Waals surface area contributed by atoms with Crippen molar-refractivity contribution in [3.63, 3.8) is 0 Å². The first kappa shape index (κ1) is 24.2. The number of piperidine rings is 1. The Kier molecular flexibility index (Phi) is 8.23. The van der Waals surface area contributed by atoms with E-state index in [1.807, 2.05) is 6.07 Å². The molecule has 1 aromatic carbocycles. The number of halogens is 1. The normalized spacial score (nSPS) is 25.8. The molecule has 176 valence electrons. The lowest BCUT2D eigenvalue weighted by molar-refractivity contribution is -0.146. The fraction of sp³-hybridized carbons (Fsp3) is 0.625. The van der Waals surface area contributed by atoms with Gasteiger partial charge in [0.25, 0.3) is 0 Å².